The van der Waals surface area contributed by atoms with Crippen LogP contribution in [-0.4, -0.2) is 37.3 Å². The minimum atomic E-state index is 0.599. The number of nitrogens with one attached hydrogen (secondary N) is 1. The lowest BCUT2D eigenvalue weighted by Crippen LogP contribution is -2.35. The fourth-order valence-corrected chi connectivity index (χ4v) is 2.23. The Kier molecular flexibility index (Phi) is 6.32. The van der Waals surface area contributed by atoms with E-state index in [0.29, 0.717) is 6.04 Å². The van der Waals surface area contributed by atoms with E-state index >= 15 is 0 Å². The molecule has 2 nitrogen and oxygen atoms in total. The molecule has 14 heavy (non-hydrogen) atoms. The summed E-state index contributed by atoms with van der Waals surface area (Å²) in [6.07, 6.45) is 3.17. The van der Waals surface area contributed by atoms with E-state index in [4.69, 9.17) is 4.74 Å². The van der Waals surface area contributed by atoms with Gasteiger partial charge in [-0.3, -0.25) is 0 Å². The van der Waals surface area contributed by atoms with Gasteiger partial charge >= 0.3 is 0 Å². The first-order valence-electron chi connectivity index (χ1n) is 5.34. The third-order valence-corrected chi connectivity index (χ3v) is 3.58. The lowest BCUT2D eigenvalue weighted by Gasteiger charge is -2.18. The Hall–Kier alpha value is 0.01000. The first-order chi connectivity index (χ1) is 6.84. The smallest absolute Gasteiger partial charge is 0.0509 e. The van der Waals surface area contributed by atoms with Crippen LogP contribution in [0.1, 0.15) is 13.3 Å². The van der Waals surface area contributed by atoms with E-state index in [9.17, 15) is 0 Å². The molecule has 0 aromatic heterocycles. The summed E-state index contributed by atoms with van der Waals surface area (Å²) in [5.74, 6) is 2.95. The molecular weight excluding hydrogens is 194 g/mol. The largest absolute Gasteiger partial charge is 0.381 e. The molecule has 3 heteroatoms. The summed E-state index contributed by atoms with van der Waals surface area (Å²) >= 11 is 1.93. The van der Waals surface area contributed by atoms with E-state index in [-0.39, 0.29) is 0 Å². The van der Waals surface area contributed by atoms with Crippen molar-refractivity contribution < 1.29 is 4.74 Å². The van der Waals surface area contributed by atoms with E-state index in [1.54, 1.807) is 0 Å². The van der Waals surface area contributed by atoms with Crippen molar-refractivity contribution in [2.24, 2.45) is 5.92 Å². The number of ether oxygens (including phenoxy) is 1. The van der Waals surface area contributed by atoms with Crippen LogP contribution >= 0.6 is 11.8 Å². The van der Waals surface area contributed by atoms with Gasteiger partial charge in [0.05, 0.1) is 6.61 Å². The molecule has 1 heterocycles. The van der Waals surface area contributed by atoms with Crippen molar-refractivity contribution in [3.8, 4) is 0 Å². The van der Waals surface area contributed by atoms with Gasteiger partial charge in [0.1, 0.15) is 0 Å². The molecule has 1 aliphatic heterocycles. The number of hydrogen-bond donors (Lipinski definition) is 1. The highest BCUT2D eigenvalue weighted by molar-refractivity contribution is 7.99. The van der Waals surface area contributed by atoms with Gasteiger partial charge in [0, 0.05) is 30.7 Å². The molecule has 2 atom stereocenters. The summed E-state index contributed by atoms with van der Waals surface area (Å²) in [6.45, 7) is 8.94. The lowest BCUT2D eigenvalue weighted by molar-refractivity contribution is 0.178. The SMILES string of the molecule is C=CCSCCNC(C)C1CCOC1. The maximum absolute atomic E-state index is 5.36. The van der Waals surface area contributed by atoms with E-state index < -0.39 is 0 Å². The minimum absolute atomic E-state index is 0.599. The molecule has 1 aliphatic rings. The highest BCUT2D eigenvalue weighted by Gasteiger charge is 2.21. The molecule has 0 spiro atoms. The van der Waals surface area contributed by atoms with E-state index in [0.717, 1.165) is 31.4 Å². The first-order valence-corrected chi connectivity index (χ1v) is 6.50. The van der Waals surface area contributed by atoms with Gasteiger partial charge in [-0.2, -0.15) is 11.8 Å². The average Bonchev–Trinajstić information content (AvgIpc) is 2.70. The Morgan fingerprint density at radius 3 is 3.21 bits per heavy atom. The van der Waals surface area contributed by atoms with Crippen LogP contribution in [0.3, 0.4) is 0 Å². The Bertz CT molecular complexity index is 157. The molecule has 0 radical (unpaired) electrons. The van der Waals surface area contributed by atoms with Gasteiger partial charge in [0.15, 0.2) is 0 Å². The quantitative estimate of drug-likeness (QED) is 0.518. The van der Waals surface area contributed by atoms with Gasteiger partial charge in [0.2, 0.25) is 0 Å². The van der Waals surface area contributed by atoms with Crippen molar-refractivity contribution in [3.05, 3.63) is 12.7 Å². The van der Waals surface area contributed by atoms with Crippen LogP contribution in [0.5, 0.6) is 0 Å². The van der Waals surface area contributed by atoms with Crippen molar-refractivity contribution in [3.63, 3.8) is 0 Å². The van der Waals surface area contributed by atoms with Crippen molar-refractivity contribution in [2.45, 2.75) is 19.4 Å². The molecule has 0 amide bonds. The van der Waals surface area contributed by atoms with Gasteiger partial charge in [-0.05, 0) is 19.3 Å². The monoisotopic (exact) mass is 215 g/mol. The number of thioether (sulfide) groups is 1. The molecule has 0 saturated carbocycles. The maximum Gasteiger partial charge on any atom is 0.0509 e. The molecule has 1 rings (SSSR count). The fourth-order valence-electron chi connectivity index (χ4n) is 1.64. The summed E-state index contributed by atoms with van der Waals surface area (Å²) in [6, 6.07) is 0.599. The van der Waals surface area contributed by atoms with E-state index in [1.807, 2.05) is 17.8 Å². The lowest BCUT2D eigenvalue weighted by atomic mass is 10.0. The Morgan fingerprint density at radius 1 is 1.71 bits per heavy atom. The summed E-state index contributed by atoms with van der Waals surface area (Å²) in [7, 11) is 0. The zero-order valence-corrected chi connectivity index (χ0v) is 9.81. The van der Waals surface area contributed by atoms with Gasteiger partial charge in [-0.1, -0.05) is 6.08 Å². The first kappa shape index (κ1) is 12.1. The molecule has 0 aromatic rings. The predicted octanol–water partition coefficient (Wildman–Crippen LogP) is 1.92. The summed E-state index contributed by atoms with van der Waals surface area (Å²) in [4.78, 5) is 0. The molecule has 1 N–H and O–H groups in total. The second-order valence-electron chi connectivity index (χ2n) is 3.73. The van der Waals surface area contributed by atoms with Gasteiger partial charge in [-0.25, -0.2) is 0 Å². The molecule has 82 valence electrons. The predicted molar refractivity (Wildman–Crippen MR) is 63.9 cm³/mol. The fraction of sp³-hybridized carbons (Fsp3) is 0.818. The molecule has 2 unspecified atom stereocenters. The summed E-state index contributed by atoms with van der Waals surface area (Å²) < 4.78 is 5.36. The zero-order valence-electron chi connectivity index (χ0n) is 9.00. The maximum atomic E-state index is 5.36. The standard InChI is InChI=1S/C11H21NOS/c1-3-7-14-8-5-12-10(2)11-4-6-13-9-11/h3,10-12H,1,4-9H2,2H3. The van der Waals surface area contributed by atoms with Crippen molar-refractivity contribution >= 4 is 11.8 Å². The van der Waals surface area contributed by atoms with Crippen LogP contribution in [0, 0.1) is 5.92 Å². The van der Waals surface area contributed by atoms with Crippen LogP contribution < -0.4 is 5.32 Å². The highest BCUT2D eigenvalue weighted by atomic mass is 32.2. The third kappa shape index (κ3) is 4.49. The number of rotatable bonds is 7. The van der Waals surface area contributed by atoms with Gasteiger partial charge < -0.3 is 10.1 Å². The molecule has 0 aliphatic carbocycles. The molecule has 0 bridgehead atoms. The topological polar surface area (TPSA) is 21.3 Å². The number of hydrogen-bond acceptors (Lipinski definition) is 3. The van der Waals surface area contributed by atoms with Crippen molar-refractivity contribution in [1.82, 2.24) is 5.32 Å². The minimum Gasteiger partial charge on any atom is -0.381 e. The van der Waals surface area contributed by atoms with Gasteiger partial charge in [0.25, 0.3) is 0 Å². The van der Waals surface area contributed by atoms with Crippen LogP contribution in [0.15, 0.2) is 12.7 Å². The average molecular weight is 215 g/mol. The van der Waals surface area contributed by atoms with Crippen molar-refractivity contribution in [2.75, 3.05) is 31.3 Å². The van der Waals surface area contributed by atoms with Crippen LogP contribution in [0.25, 0.3) is 0 Å². The molecule has 1 fully saturated rings. The van der Waals surface area contributed by atoms with E-state index in [1.165, 1.54) is 12.2 Å². The Balaban J connectivity index is 1.96. The highest BCUT2D eigenvalue weighted by Crippen LogP contribution is 2.16. The third-order valence-electron chi connectivity index (χ3n) is 2.62. The van der Waals surface area contributed by atoms with Crippen molar-refractivity contribution in [1.29, 1.82) is 0 Å². The summed E-state index contributed by atoms with van der Waals surface area (Å²) in [5, 5.41) is 3.55. The second kappa shape index (κ2) is 7.32. The van der Waals surface area contributed by atoms with E-state index in [2.05, 4.69) is 18.8 Å². The Labute approximate surface area is 91.5 Å². The molecule has 0 aromatic carbocycles. The second-order valence-corrected chi connectivity index (χ2v) is 4.88. The zero-order chi connectivity index (χ0) is 10.2. The van der Waals surface area contributed by atoms with Crippen LogP contribution in [0.4, 0.5) is 0 Å². The normalized spacial score (nSPS) is 23.6. The molecule has 1 saturated heterocycles. The summed E-state index contributed by atoms with van der Waals surface area (Å²) in [5.41, 5.74) is 0. The van der Waals surface area contributed by atoms with Gasteiger partial charge in [-0.15, -0.1) is 6.58 Å². The van der Waals surface area contributed by atoms with Crippen LogP contribution in [-0.2, 0) is 4.74 Å². The van der Waals surface area contributed by atoms with Crippen LogP contribution in [0.2, 0.25) is 0 Å². The molecular formula is C11H21NOS. The Morgan fingerprint density at radius 2 is 2.57 bits per heavy atom.